The molecule has 0 saturated heterocycles. The van der Waals surface area contributed by atoms with Crippen LogP contribution in [0.4, 0.5) is 0 Å². The smallest absolute Gasteiger partial charge is 0.342 e. The van der Waals surface area contributed by atoms with Gasteiger partial charge in [-0.15, -0.1) is 0 Å². The van der Waals surface area contributed by atoms with Crippen molar-refractivity contribution in [1.29, 1.82) is 0 Å². The van der Waals surface area contributed by atoms with Gasteiger partial charge in [-0.3, -0.25) is 4.79 Å². The molecular formula is C32H34O9S. The lowest BCUT2D eigenvalue weighted by Crippen LogP contribution is -2.16. The summed E-state index contributed by atoms with van der Waals surface area (Å²) >= 11 is 0. The Labute approximate surface area is 245 Å². The van der Waals surface area contributed by atoms with E-state index in [-0.39, 0.29) is 48.9 Å². The highest BCUT2D eigenvalue weighted by Gasteiger charge is 2.35. The van der Waals surface area contributed by atoms with Crippen molar-refractivity contribution in [3.63, 3.8) is 0 Å². The van der Waals surface area contributed by atoms with Gasteiger partial charge in [-0.1, -0.05) is 41.5 Å². The van der Waals surface area contributed by atoms with Gasteiger partial charge in [-0.2, -0.15) is 8.42 Å². The van der Waals surface area contributed by atoms with Crippen molar-refractivity contribution in [3.05, 3.63) is 99.1 Å². The van der Waals surface area contributed by atoms with Gasteiger partial charge in [-0.25, -0.2) is 4.79 Å². The maximum Gasteiger partial charge on any atom is 0.342 e. The summed E-state index contributed by atoms with van der Waals surface area (Å²) in [6, 6.07) is 13.7. The Kier molecular flexibility index (Phi) is 9.70. The number of fused-ring (bicyclic) bond motifs is 1. The van der Waals surface area contributed by atoms with E-state index in [4.69, 9.17) is 23.5 Å². The van der Waals surface area contributed by atoms with Gasteiger partial charge in [-0.05, 0) is 74.6 Å². The molecule has 1 N–H and O–H groups in total. The van der Waals surface area contributed by atoms with E-state index in [1.165, 1.54) is 12.1 Å². The maximum atomic E-state index is 13.4. The number of carbonyl (C=O) groups is 2. The second-order valence-electron chi connectivity index (χ2n) is 10.2. The number of esters is 1. The number of cyclic esters (lactones) is 1. The number of hydrogen-bond acceptors (Lipinski definition) is 8. The minimum atomic E-state index is -4.32. The summed E-state index contributed by atoms with van der Waals surface area (Å²) in [5, 5.41) is 9.09. The largest absolute Gasteiger partial charge is 0.497 e. The first-order valence-electron chi connectivity index (χ1n) is 13.4. The molecule has 0 bridgehead atoms. The van der Waals surface area contributed by atoms with Crippen LogP contribution in [0.25, 0.3) is 0 Å². The van der Waals surface area contributed by atoms with E-state index in [2.05, 4.69) is 0 Å². The molecule has 42 heavy (non-hydrogen) atoms. The number of carbonyl (C=O) groups excluding carboxylic acids is 1. The van der Waals surface area contributed by atoms with E-state index in [0.29, 0.717) is 23.1 Å². The minimum Gasteiger partial charge on any atom is -0.497 e. The van der Waals surface area contributed by atoms with E-state index in [1.807, 2.05) is 44.2 Å². The Hall–Kier alpha value is -4.15. The van der Waals surface area contributed by atoms with Crippen molar-refractivity contribution in [2.75, 3.05) is 7.11 Å². The molecule has 0 aliphatic carbocycles. The molecule has 1 heterocycles. The molecule has 4 rings (SSSR count). The van der Waals surface area contributed by atoms with Crippen LogP contribution in [-0.2, 0) is 50.6 Å². The predicted molar refractivity (Wildman–Crippen MR) is 155 cm³/mol. The lowest BCUT2D eigenvalue weighted by molar-refractivity contribution is -0.136. The Morgan fingerprint density at radius 3 is 2.33 bits per heavy atom. The van der Waals surface area contributed by atoms with Crippen LogP contribution in [0.1, 0.15) is 63.5 Å². The summed E-state index contributed by atoms with van der Waals surface area (Å²) in [5.74, 6) is -0.953. The highest BCUT2D eigenvalue weighted by atomic mass is 32.2. The molecule has 0 unspecified atom stereocenters. The Balaban J connectivity index is 1.77. The Morgan fingerprint density at radius 1 is 1.00 bits per heavy atom. The van der Waals surface area contributed by atoms with Crippen molar-refractivity contribution in [3.8, 4) is 11.5 Å². The number of rotatable bonds is 13. The third kappa shape index (κ3) is 7.18. The standard InChI is InChI=1S/C32H34O9S/c1-20-5-13-25(14-6-20)42(36,37)41-31-26(15-7-21(2)8-16-29(33)34)27(22(3)28-19-40-32(35)30(28)31)18-39-17-23-9-11-24(38-4)12-10-23/h5-7,9-14H,8,15-19H2,1-4H3,(H,33,34). The number of benzene rings is 3. The maximum absolute atomic E-state index is 13.4. The van der Waals surface area contributed by atoms with Crippen molar-refractivity contribution in [1.82, 2.24) is 0 Å². The van der Waals surface area contributed by atoms with Crippen LogP contribution in [0.2, 0.25) is 0 Å². The highest BCUT2D eigenvalue weighted by Crippen LogP contribution is 2.41. The number of aliphatic carboxylic acids is 1. The van der Waals surface area contributed by atoms with Crippen LogP contribution in [0, 0.1) is 13.8 Å². The monoisotopic (exact) mass is 594 g/mol. The van der Waals surface area contributed by atoms with E-state index < -0.39 is 22.1 Å². The zero-order chi connectivity index (χ0) is 30.4. The fourth-order valence-electron chi connectivity index (χ4n) is 4.67. The molecular weight excluding hydrogens is 560 g/mol. The van der Waals surface area contributed by atoms with Gasteiger partial charge in [0.2, 0.25) is 0 Å². The molecule has 10 heteroatoms. The molecule has 0 atom stereocenters. The highest BCUT2D eigenvalue weighted by molar-refractivity contribution is 7.87. The molecule has 3 aromatic carbocycles. The molecule has 0 radical (unpaired) electrons. The van der Waals surface area contributed by atoms with Crippen LogP contribution in [-0.4, -0.2) is 32.6 Å². The number of methoxy groups -OCH3 is 1. The first-order valence-corrected chi connectivity index (χ1v) is 14.8. The normalized spacial score (nSPS) is 13.0. The molecule has 222 valence electrons. The lowest BCUT2D eigenvalue weighted by Gasteiger charge is -2.20. The predicted octanol–water partition coefficient (Wildman–Crippen LogP) is 5.82. The summed E-state index contributed by atoms with van der Waals surface area (Å²) in [4.78, 5) is 24.0. The number of aryl methyl sites for hydroxylation is 1. The number of ether oxygens (including phenoxy) is 3. The van der Waals surface area contributed by atoms with E-state index in [9.17, 15) is 18.0 Å². The third-order valence-electron chi connectivity index (χ3n) is 7.19. The van der Waals surface area contributed by atoms with E-state index in [0.717, 1.165) is 28.0 Å². The van der Waals surface area contributed by atoms with E-state index >= 15 is 0 Å². The number of allylic oxidation sites excluding steroid dienone is 2. The van der Waals surface area contributed by atoms with Crippen LogP contribution in [0.15, 0.2) is 65.1 Å². The van der Waals surface area contributed by atoms with Crippen molar-refractivity contribution < 1.29 is 41.5 Å². The Morgan fingerprint density at radius 2 is 1.69 bits per heavy atom. The van der Waals surface area contributed by atoms with Gasteiger partial charge in [0, 0.05) is 17.5 Å². The molecule has 1 aliphatic heterocycles. The average Bonchev–Trinajstić information content (AvgIpc) is 3.35. The molecule has 0 fully saturated rings. The number of carboxylic acid groups (broad SMARTS) is 1. The van der Waals surface area contributed by atoms with Crippen LogP contribution < -0.4 is 8.92 Å². The van der Waals surface area contributed by atoms with Gasteiger partial charge in [0.15, 0.2) is 5.75 Å². The molecule has 0 amide bonds. The van der Waals surface area contributed by atoms with E-state index in [1.54, 1.807) is 26.2 Å². The second-order valence-corrected chi connectivity index (χ2v) is 11.7. The average molecular weight is 595 g/mol. The zero-order valence-corrected chi connectivity index (χ0v) is 24.9. The lowest BCUT2D eigenvalue weighted by atomic mass is 9.90. The summed E-state index contributed by atoms with van der Waals surface area (Å²) in [7, 11) is -2.72. The molecule has 0 saturated carbocycles. The van der Waals surface area contributed by atoms with Gasteiger partial charge in [0.05, 0.1) is 20.3 Å². The quantitative estimate of drug-likeness (QED) is 0.148. The minimum absolute atomic E-state index is 0.0137. The van der Waals surface area contributed by atoms with Crippen LogP contribution >= 0.6 is 0 Å². The van der Waals surface area contributed by atoms with Gasteiger partial charge in [0.1, 0.15) is 22.8 Å². The summed E-state index contributed by atoms with van der Waals surface area (Å²) < 4.78 is 49.3. The van der Waals surface area contributed by atoms with Gasteiger partial charge < -0.3 is 23.5 Å². The van der Waals surface area contributed by atoms with Crippen molar-refractivity contribution in [2.24, 2.45) is 0 Å². The number of carboxylic acids is 1. The molecule has 3 aromatic rings. The fourth-order valence-corrected chi connectivity index (χ4v) is 5.64. The van der Waals surface area contributed by atoms with Crippen molar-refractivity contribution >= 4 is 22.1 Å². The Bertz CT molecular complexity index is 1600. The van der Waals surface area contributed by atoms with Crippen molar-refractivity contribution in [2.45, 2.75) is 64.7 Å². The molecule has 9 nitrogen and oxygen atoms in total. The second kappa shape index (κ2) is 13.2. The molecule has 0 spiro atoms. The third-order valence-corrected chi connectivity index (χ3v) is 8.42. The number of hydrogen-bond donors (Lipinski definition) is 1. The molecule has 0 aromatic heterocycles. The summed E-state index contributed by atoms with van der Waals surface area (Å²) in [5.41, 5.74) is 5.11. The molecule has 1 aliphatic rings. The summed E-state index contributed by atoms with van der Waals surface area (Å²) in [6.07, 6.45) is 2.29. The zero-order valence-electron chi connectivity index (χ0n) is 24.1. The first-order chi connectivity index (χ1) is 20.0. The van der Waals surface area contributed by atoms with Gasteiger partial charge in [0.25, 0.3) is 0 Å². The fraction of sp³-hybridized carbons (Fsp3) is 0.312. The van der Waals surface area contributed by atoms with Crippen LogP contribution in [0.5, 0.6) is 11.5 Å². The first kappa shape index (κ1) is 30.8. The topological polar surface area (TPSA) is 125 Å². The van der Waals surface area contributed by atoms with Gasteiger partial charge >= 0.3 is 22.1 Å². The SMILES string of the molecule is COc1ccc(COCc2c(C)c3c(c(OS(=O)(=O)c4ccc(C)cc4)c2CC=C(C)CCC(=O)O)C(=O)OC3)cc1. The van der Waals surface area contributed by atoms with Crippen LogP contribution in [0.3, 0.4) is 0 Å². The summed E-state index contributed by atoms with van der Waals surface area (Å²) in [6.45, 7) is 5.87.